The zero-order valence-corrected chi connectivity index (χ0v) is 13.8. The third kappa shape index (κ3) is 4.24. The van der Waals surface area contributed by atoms with Gasteiger partial charge in [-0.15, -0.1) is 0 Å². The molecule has 0 saturated heterocycles. The van der Waals surface area contributed by atoms with Gasteiger partial charge in [-0.3, -0.25) is 4.79 Å². The fourth-order valence-corrected chi connectivity index (χ4v) is 3.66. The molecule has 0 saturated carbocycles. The second kappa shape index (κ2) is 7.48. The Hall–Kier alpha value is -2.05. The van der Waals surface area contributed by atoms with Crippen molar-refractivity contribution in [2.24, 2.45) is 0 Å². The van der Waals surface area contributed by atoms with Gasteiger partial charge in [-0.2, -0.15) is 0 Å². The Morgan fingerprint density at radius 3 is 2.48 bits per heavy atom. The maximum Gasteiger partial charge on any atom is 0.313 e. The number of hydrogen-bond acceptors (Lipinski definition) is 5. The van der Waals surface area contributed by atoms with Crippen LogP contribution in [0.4, 0.5) is 0 Å². The van der Waals surface area contributed by atoms with Crippen molar-refractivity contribution in [1.29, 1.82) is 0 Å². The van der Waals surface area contributed by atoms with Crippen molar-refractivity contribution in [3.05, 3.63) is 60.2 Å². The van der Waals surface area contributed by atoms with Crippen molar-refractivity contribution in [3.63, 3.8) is 0 Å². The molecule has 0 amide bonds. The van der Waals surface area contributed by atoms with Gasteiger partial charge >= 0.3 is 5.97 Å². The van der Waals surface area contributed by atoms with E-state index in [-0.39, 0.29) is 5.75 Å². The topological polar surface area (TPSA) is 63.1 Å². The van der Waals surface area contributed by atoms with Crippen molar-refractivity contribution in [2.75, 3.05) is 5.75 Å². The van der Waals surface area contributed by atoms with E-state index in [0.717, 1.165) is 16.7 Å². The van der Waals surface area contributed by atoms with Crippen LogP contribution in [0.15, 0.2) is 64.8 Å². The molecule has 1 N–H and O–H groups in total. The molecular weight excluding hydrogens is 328 g/mol. The van der Waals surface area contributed by atoms with E-state index in [9.17, 15) is 4.79 Å². The number of hydrogen-bond donors (Lipinski definition) is 1. The molecule has 2 aromatic carbocycles. The molecule has 1 aromatic heterocycles. The molecule has 0 aliphatic rings. The largest absolute Gasteiger partial charge is 0.481 e. The molecule has 0 bridgehead atoms. The predicted molar refractivity (Wildman–Crippen MR) is 93.9 cm³/mol. The molecular formula is C17H14N2O2S2. The summed E-state index contributed by atoms with van der Waals surface area (Å²) in [4.78, 5) is 19.9. The average molecular weight is 342 g/mol. The minimum atomic E-state index is -0.851. The summed E-state index contributed by atoms with van der Waals surface area (Å²) >= 11 is 2.78. The molecule has 3 aromatic rings. The fraction of sp³-hybridized carbons (Fsp3) is 0.118. The number of fused-ring (bicyclic) bond motifs is 1. The number of aromatic nitrogens is 2. The number of carboxylic acids is 1. The lowest BCUT2D eigenvalue weighted by Gasteiger charge is -2.07. The molecule has 0 aliphatic heterocycles. The molecule has 6 heteroatoms. The highest BCUT2D eigenvalue weighted by atomic mass is 32.2. The van der Waals surface area contributed by atoms with Crippen molar-refractivity contribution in [3.8, 4) is 0 Å². The van der Waals surface area contributed by atoms with Gasteiger partial charge in [0.2, 0.25) is 0 Å². The third-order valence-electron chi connectivity index (χ3n) is 3.09. The lowest BCUT2D eigenvalue weighted by molar-refractivity contribution is -0.133. The van der Waals surface area contributed by atoms with Crippen LogP contribution in [-0.4, -0.2) is 26.8 Å². The summed E-state index contributed by atoms with van der Waals surface area (Å²) in [5.41, 5.74) is 2.04. The van der Waals surface area contributed by atoms with E-state index in [1.165, 1.54) is 17.3 Å². The number of carboxylic acid groups (broad SMARTS) is 1. The molecule has 0 unspecified atom stereocenters. The van der Waals surface area contributed by atoms with Gasteiger partial charge in [-0.25, -0.2) is 9.97 Å². The van der Waals surface area contributed by atoms with E-state index in [1.807, 2.05) is 42.5 Å². The zero-order valence-electron chi connectivity index (χ0n) is 12.2. The first-order valence-electron chi connectivity index (χ1n) is 7.00. The van der Waals surface area contributed by atoms with Crippen molar-refractivity contribution < 1.29 is 9.90 Å². The molecule has 1 heterocycles. The van der Waals surface area contributed by atoms with E-state index in [0.29, 0.717) is 10.2 Å². The van der Waals surface area contributed by atoms with E-state index in [1.54, 1.807) is 11.8 Å². The predicted octanol–water partition coefficient (Wildman–Crippen LogP) is 4.10. The zero-order chi connectivity index (χ0) is 16.1. The summed E-state index contributed by atoms with van der Waals surface area (Å²) in [6.45, 7) is 0. The Bertz CT molecular complexity index is 825. The van der Waals surface area contributed by atoms with Crippen LogP contribution in [0.3, 0.4) is 0 Å². The number of para-hydroxylation sites is 1. The van der Waals surface area contributed by atoms with Crippen molar-refractivity contribution in [2.45, 2.75) is 15.9 Å². The standard InChI is InChI=1S/C17H14N2O2S2/c20-15(21)11-22-16-13-8-4-5-9-14(13)18-17(19-16)23-10-12-6-2-1-3-7-12/h1-9H,10-11H2,(H,20,21). The van der Waals surface area contributed by atoms with Crippen LogP contribution >= 0.6 is 23.5 Å². The maximum atomic E-state index is 10.8. The van der Waals surface area contributed by atoms with Gasteiger partial charge in [0.1, 0.15) is 5.03 Å². The molecule has 0 fully saturated rings. The Morgan fingerprint density at radius 1 is 0.957 bits per heavy atom. The normalized spacial score (nSPS) is 10.8. The highest BCUT2D eigenvalue weighted by Gasteiger charge is 2.10. The Kier molecular flexibility index (Phi) is 5.15. The lowest BCUT2D eigenvalue weighted by atomic mass is 10.2. The van der Waals surface area contributed by atoms with E-state index >= 15 is 0 Å². The number of nitrogens with zero attached hydrogens (tertiary/aromatic N) is 2. The summed E-state index contributed by atoms with van der Waals surface area (Å²) in [7, 11) is 0. The maximum absolute atomic E-state index is 10.8. The molecule has 3 rings (SSSR count). The van der Waals surface area contributed by atoms with Crippen LogP contribution in [0.25, 0.3) is 10.9 Å². The number of aliphatic carboxylic acids is 1. The molecule has 0 radical (unpaired) electrons. The van der Waals surface area contributed by atoms with Crippen LogP contribution in [-0.2, 0) is 10.5 Å². The van der Waals surface area contributed by atoms with Crippen molar-refractivity contribution >= 4 is 40.4 Å². The summed E-state index contributed by atoms with van der Waals surface area (Å²) in [5, 5.41) is 11.2. The van der Waals surface area contributed by atoms with Gasteiger partial charge in [0.25, 0.3) is 0 Å². The van der Waals surface area contributed by atoms with Crippen LogP contribution in [0.2, 0.25) is 0 Å². The average Bonchev–Trinajstić information content (AvgIpc) is 2.58. The van der Waals surface area contributed by atoms with Gasteiger partial charge in [-0.05, 0) is 11.6 Å². The van der Waals surface area contributed by atoms with Gasteiger partial charge in [0.15, 0.2) is 5.16 Å². The minimum Gasteiger partial charge on any atom is -0.481 e. The molecule has 23 heavy (non-hydrogen) atoms. The molecule has 0 spiro atoms. The minimum absolute atomic E-state index is 0.0101. The first kappa shape index (κ1) is 15.8. The summed E-state index contributed by atoms with van der Waals surface area (Å²) in [6, 6.07) is 17.8. The van der Waals surface area contributed by atoms with Crippen LogP contribution in [0, 0.1) is 0 Å². The number of benzene rings is 2. The van der Waals surface area contributed by atoms with Crippen LogP contribution < -0.4 is 0 Å². The van der Waals surface area contributed by atoms with Crippen molar-refractivity contribution in [1.82, 2.24) is 9.97 Å². The quantitative estimate of drug-likeness (QED) is 0.413. The summed E-state index contributed by atoms with van der Waals surface area (Å²) < 4.78 is 0. The Labute approximate surface area is 142 Å². The first-order valence-corrected chi connectivity index (χ1v) is 8.97. The third-order valence-corrected chi connectivity index (χ3v) is 4.99. The van der Waals surface area contributed by atoms with E-state index in [2.05, 4.69) is 22.1 Å². The molecule has 116 valence electrons. The van der Waals surface area contributed by atoms with E-state index < -0.39 is 5.97 Å². The van der Waals surface area contributed by atoms with Gasteiger partial charge < -0.3 is 5.11 Å². The smallest absolute Gasteiger partial charge is 0.313 e. The summed E-state index contributed by atoms with van der Waals surface area (Å²) in [5.74, 6) is -0.0809. The monoisotopic (exact) mass is 342 g/mol. The summed E-state index contributed by atoms with van der Waals surface area (Å²) in [6.07, 6.45) is 0. The second-order valence-corrected chi connectivity index (χ2v) is 6.69. The molecule has 4 nitrogen and oxygen atoms in total. The van der Waals surface area contributed by atoms with E-state index in [4.69, 9.17) is 5.11 Å². The molecule has 0 aliphatic carbocycles. The fourth-order valence-electron chi connectivity index (χ4n) is 2.05. The SMILES string of the molecule is O=C(O)CSc1nc(SCc2ccccc2)nc2ccccc12. The van der Waals surface area contributed by atoms with Gasteiger partial charge in [-0.1, -0.05) is 72.1 Å². The first-order chi connectivity index (χ1) is 11.2. The highest BCUT2D eigenvalue weighted by Crippen LogP contribution is 2.29. The Balaban J connectivity index is 1.86. The Morgan fingerprint density at radius 2 is 1.70 bits per heavy atom. The van der Waals surface area contributed by atoms with Gasteiger partial charge in [0, 0.05) is 11.1 Å². The van der Waals surface area contributed by atoms with Crippen LogP contribution in [0.5, 0.6) is 0 Å². The number of rotatable bonds is 6. The van der Waals surface area contributed by atoms with Gasteiger partial charge in [0.05, 0.1) is 11.3 Å². The number of carbonyl (C=O) groups is 1. The lowest BCUT2D eigenvalue weighted by Crippen LogP contribution is -2.00. The highest BCUT2D eigenvalue weighted by molar-refractivity contribution is 8.00. The second-order valence-electron chi connectivity index (χ2n) is 4.79. The molecule has 0 atom stereocenters. The van der Waals surface area contributed by atoms with Crippen LogP contribution in [0.1, 0.15) is 5.56 Å². The number of thioether (sulfide) groups is 2.